The molecule has 144 valence electrons. The van der Waals surface area contributed by atoms with Gasteiger partial charge < -0.3 is 15.4 Å². The van der Waals surface area contributed by atoms with E-state index >= 15 is 0 Å². The quantitative estimate of drug-likeness (QED) is 0.723. The van der Waals surface area contributed by atoms with Crippen molar-refractivity contribution in [1.29, 1.82) is 0 Å². The first-order valence-corrected chi connectivity index (χ1v) is 9.01. The van der Waals surface area contributed by atoms with Crippen molar-refractivity contribution in [3.63, 3.8) is 0 Å². The highest BCUT2D eigenvalue weighted by Gasteiger charge is 2.30. The fraction of sp³-hybridized carbons (Fsp3) is 0.471. The van der Waals surface area contributed by atoms with Gasteiger partial charge in [-0.05, 0) is 42.2 Å². The van der Waals surface area contributed by atoms with Gasteiger partial charge in [-0.25, -0.2) is 0 Å². The fourth-order valence-corrected chi connectivity index (χ4v) is 3.45. The Morgan fingerprint density at radius 1 is 1.33 bits per heavy atom. The smallest absolute Gasteiger partial charge is 0.253 e. The lowest BCUT2D eigenvalue weighted by molar-refractivity contribution is -0.132. The van der Waals surface area contributed by atoms with E-state index in [9.17, 15) is 9.59 Å². The monoisotopic (exact) mass is 392 g/mol. The molecule has 27 heavy (non-hydrogen) atoms. The van der Waals surface area contributed by atoms with Crippen LogP contribution in [0.4, 0.5) is 0 Å². The number of carbonyl (C=O) groups excluding carboxylic acids is 2. The molecule has 0 bridgehead atoms. The standard InChI is InChI=1S/C17H21ClN6O3/c1-27-16(11-3-2-4-12(18)7-11)17(26)22-14-6-5-13(8-14)21-15(25)9-24-20-10-19-23-24/h2-4,7,10,13-14,16H,5-6,8-9H2,1H3,(H,21,25)(H,22,26)/t13-,14+,16?/m0/s1. The number of benzene rings is 1. The SMILES string of the molecule is COC(C(=O)N[C@@H]1CC[C@H](NC(=O)Cn2ncnn2)C1)c1cccc(Cl)c1. The maximum absolute atomic E-state index is 12.6. The van der Waals surface area contributed by atoms with Crippen LogP contribution >= 0.6 is 11.6 Å². The Kier molecular flexibility index (Phi) is 6.36. The van der Waals surface area contributed by atoms with Gasteiger partial charge in [0, 0.05) is 24.2 Å². The highest BCUT2D eigenvalue weighted by atomic mass is 35.5. The van der Waals surface area contributed by atoms with Crippen LogP contribution in [0.15, 0.2) is 30.6 Å². The Hall–Kier alpha value is -2.52. The minimum absolute atomic E-state index is 0.00140. The Morgan fingerprint density at radius 2 is 2.11 bits per heavy atom. The molecule has 1 heterocycles. The van der Waals surface area contributed by atoms with Gasteiger partial charge in [0.25, 0.3) is 5.91 Å². The number of tetrazole rings is 1. The second kappa shape index (κ2) is 8.92. The predicted molar refractivity (Wildman–Crippen MR) is 96.7 cm³/mol. The molecule has 2 aromatic rings. The number of ether oxygens (including phenoxy) is 1. The van der Waals surface area contributed by atoms with E-state index in [4.69, 9.17) is 16.3 Å². The molecule has 0 saturated heterocycles. The van der Waals surface area contributed by atoms with Crippen molar-refractivity contribution in [3.8, 4) is 0 Å². The number of carbonyl (C=O) groups is 2. The van der Waals surface area contributed by atoms with E-state index in [0.717, 1.165) is 12.8 Å². The topological polar surface area (TPSA) is 111 Å². The molecule has 3 rings (SSSR count). The van der Waals surface area contributed by atoms with E-state index in [1.54, 1.807) is 24.3 Å². The van der Waals surface area contributed by atoms with E-state index in [-0.39, 0.29) is 30.4 Å². The van der Waals surface area contributed by atoms with E-state index in [1.165, 1.54) is 18.2 Å². The van der Waals surface area contributed by atoms with Crippen LogP contribution in [0.3, 0.4) is 0 Å². The van der Waals surface area contributed by atoms with Crippen molar-refractivity contribution < 1.29 is 14.3 Å². The first-order valence-electron chi connectivity index (χ1n) is 8.64. The van der Waals surface area contributed by atoms with Gasteiger partial charge >= 0.3 is 0 Å². The summed E-state index contributed by atoms with van der Waals surface area (Å²) in [4.78, 5) is 25.8. The normalized spacial score (nSPS) is 20.2. The number of hydrogen-bond acceptors (Lipinski definition) is 6. The molecule has 1 aliphatic rings. The summed E-state index contributed by atoms with van der Waals surface area (Å²) < 4.78 is 5.35. The molecule has 1 aliphatic carbocycles. The van der Waals surface area contributed by atoms with Crippen LogP contribution in [0.25, 0.3) is 0 Å². The molecule has 1 aromatic carbocycles. The van der Waals surface area contributed by atoms with Crippen molar-refractivity contribution in [3.05, 3.63) is 41.2 Å². The molecule has 1 aromatic heterocycles. The molecule has 1 unspecified atom stereocenters. The van der Waals surface area contributed by atoms with E-state index < -0.39 is 6.10 Å². The molecule has 0 spiro atoms. The first kappa shape index (κ1) is 19.2. The highest BCUT2D eigenvalue weighted by molar-refractivity contribution is 6.30. The van der Waals surface area contributed by atoms with Gasteiger partial charge in [-0.15, -0.1) is 10.2 Å². The number of aromatic nitrogens is 4. The average Bonchev–Trinajstić information content (AvgIpc) is 3.28. The lowest BCUT2D eigenvalue weighted by atomic mass is 10.1. The summed E-state index contributed by atoms with van der Waals surface area (Å²) in [6, 6.07) is 7.01. The van der Waals surface area contributed by atoms with Crippen LogP contribution in [-0.4, -0.2) is 51.2 Å². The van der Waals surface area contributed by atoms with Crippen LogP contribution in [0.1, 0.15) is 30.9 Å². The van der Waals surface area contributed by atoms with E-state index in [1.807, 2.05) is 0 Å². The summed E-state index contributed by atoms with van der Waals surface area (Å²) in [5, 5.41) is 17.5. The van der Waals surface area contributed by atoms with Crippen LogP contribution < -0.4 is 10.6 Å². The Balaban J connectivity index is 1.49. The van der Waals surface area contributed by atoms with Gasteiger partial charge in [0.2, 0.25) is 5.91 Å². The Bertz CT molecular complexity index is 785. The lowest BCUT2D eigenvalue weighted by Gasteiger charge is -2.19. The zero-order chi connectivity index (χ0) is 19.2. The van der Waals surface area contributed by atoms with Gasteiger partial charge in [-0.2, -0.15) is 4.80 Å². The van der Waals surface area contributed by atoms with E-state index in [2.05, 4.69) is 26.0 Å². The molecule has 9 nitrogen and oxygen atoms in total. The largest absolute Gasteiger partial charge is 0.367 e. The van der Waals surface area contributed by atoms with Crippen LogP contribution in [0, 0.1) is 0 Å². The van der Waals surface area contributed by atoms with Crippen LogP contribution in [0.2, 0.25) is 5.02 Å². The number of nitrogens with one attached hydrogen (secondary N) is 2. The minimum atomic E-state index is -0.726. The van der Waals surface area contributed by atoms with Crippen molar-refractivity contribution >= 4 is 23.4 Å². The third kappa shape index (κ3) is 5.24. The van der Waals surface area contributed by atoms with Crippen molar-refractivity contribution in [1.82, 2.24) is 30.8 Å². The zero-order valence-electron chi connectivity index (χ0n) is 14.8. The molecular formula is C17H21ClN6O3. The average molecular weight is 393 g/mol. The number of rotatable bonds is 7. The maximum atomic E-state index is 12.6. The van der Waals surface area contributed by atoms with Crippen LogP contribution in [0.5, 0.6) is 0 Å². The summed E-state index contributed by atoms with van der Waals surface area (Å²) in [5.74, 6) is -0.401. The molecular weight excluding hydrogens is 372 g/mol. The predicted octanol–water partition coefficient (Wildman–Crippen LogP) is 0.868. The molecule has 0 radical (unpaired) electrons. The molecule has 1 saturated carbocycles. The fourth-order valence-electron chi connectivity index (χ4n) is 3.25. The van der Waals surface area contributed by atoms with Crippen LogP contribution in [-0.2, 0) is 20.9 Å². The summed E-state index contributed by atoms with van der Waals surface area (Å²) >= 11 is 6.00. The molecule has 3 atom stereocenters. The first-order chi connectivity index (χ1) is 13.0. The number of hydrogen-bond donors (Lipinski definition) is 2. The molecule has 10 heteroatoms. The summed E-state index contributed by atoms with van der Waals surface area (Å²) in [6.07, 6.45) is 2.78. The molecule has 0 aliphatic heterocycles. The summed E-state index contributed by atoms with van der Waals surface area (Å²) in [6.45, 7) is 0.0219. The Labute approximate surface area is 161 Å². The second-order valence-corrected chi connectivity index (χ2v) is 6.86. The minimum Gasteiger partial charge on any atom is -0.367 e. The van der Waals surface area contributed by atoms with E-state index in [0.29, 0.717) is 17.0 Å². The number of amides is 2. The Morgan fingerprint density at radius 3 is 2.78 bits per heavy atom. The third-order valence-electron chi connectivity index (χ3n) is 4.45. The maximum Gasteiger partial charge on any atom is 0.253 e. The van der Waals surface area contributed by atoms with Gasteiger partial charge in [-0.1, -0.05) is 23.7 Å². The van der Waals surface area contributed by atoms with Crippen molar-refractivity contribution in [2.75, 3.05) is 7.11 Å². The number of nitrogens with zero attached hydrogens (tertiary/aromatic N) is 4. The summed E-state index contributed by atoms with van der Waals surface area (Å²) in [7, 11) is 1.49. The summed E-state index contributed by atoms with van der Waals surface area (Å²) in [5.41, 5.74) is 0.700. The van der Waals surface area contributed by atoms with Gasteiger partial charge in [0.1, 0.15) is 6.54 Å². The second-order valence-electron chi connectivity index (χ2n) is 6.42. The van der Waals surface area contributed by atoms with Crippen molar-refractivity contribution in [2.45, 2.75) is 44.0 Å². The molecule has 2 amide bonds. The zero-order valence-corrected chi connectivity index (χ0v) is 15.6. The third-order valence-corrected chi connectivity index (χ3v) is 4.68. The van der Waals surface area contributed by atoms with Gasteiger partial charge in [0.15, 0.2) is 12.4 Å². The number of methoxy groups -OCH3 is 1. The highest BCUT2D eigenvalue weighted by Crippen LogP contribution is 2.23. The van der Waals surface area contributed by atoms with Crippen molar-refractivity contribution in [2.24, 2.45) is 0 Å². The van der Waals surface area contributed by atoms with Gasteiger partial charge in [0.05, 0.1) is 0 Å². The molecule has 1 fully saturated rings. The van der Waals surface area contributed by atoms with Gasteiger partial charge in [-0.3, -0.25) is 9.59 Å². The number of halogens is 1. The lowest BCUT2D eigenvalue weighted by Crippen LogP contribution is -2.40. The molecule has 2 N–H and O–H groups in total.